The van der Waals surface area contributed by atoms with E-state index >= 15 is 0 Å². The number of hydrogen-bond donors (Lipinski definition) is 1. The predicted octanol–water partition coefficient (Wildman–Crippen LogP) is 6.27. The number of ether oxygens (including phenoxy) is 2. The Hall–Kier alpha value is -3.91. The smallest absolute Gasteiger partial charge is 0.311 e. The lowest BCUT2D eigenvalue weighted by Gasteiger charge is -2.15. The fourth-order valence-corrected chi connectivity index (χ4v) is 3.30. The zero-order valence-corrected chi connectivity index (χ0v) is 17.6. The number of hydrogen-bond acceptors (Lipinski definition) is 6. The molecule has 1 aromatic heterocycles. The second kappa shape index (κ2) is 9.07. The Balaban J connectivity index is 1.81. The van der Waals surface area contributed by atoms with Crippen LogP contribution in [0.1, 0.15) is 5.56 Å². The molecule has 0 spiro atoms. The maximum atomic E-state index is 13.9. The van der Waals surface area contributed by atoms with Gasteiger partial charge in [0.2, 0.25) is 0 Å². The van der Waals surface area contributed by atoms with Crippen molar-refractivity contribution in [3.63, 3.8) is 0 Å². The molecule has 0 amide bonds. The highest BCUT2D eigenvalue weighted by molar-refractivity contribution is 6.30. The molecule has 9 heteroatoms. The lowest BCUT2D eigenvalue weighted by Crippen LogP contribution is -2.02. The van der Waals surface area contributed by atoms with E-state index < -0.39 is 10.7 Å². The molecule has 7 nitrogen and oxygen atoms in total. The van der Waals surface area contributed by atoms with Crippen LogP contribution >= 0.6 is 11.6 Å². The van der Waals surface area contributed by atoms with Crippen LogP contribution in [0.15, 0.2) is 66.9 Å². The SMILES string of the molecule is COc1cc2ncc([N+](=O)[O-])c(Nc3ccc(Cl)c(F)c3)c2cc1OCc1ccccc1. The zero-order chi connectivity index (χ0) is 22.7. The van der Waals surface area contributed by atoms with E-state index in [0.717, 1.165) is 17.8 Å². The molecule has 1 N–H and O–H groups in total. The van der Waals surface area contributed by atoms with Gasteiger partial charge in [0.05, 0.1) is 22.6 Å². The minimum Gasteiger partial charge on any atom is -0.493 e. The van der Waals surface area contributed by atoms with Gasteiger partial charge in [0.15, 0.2) is 11.5 Å². The molecule has 0 fully saturated rings. The van der Waals surface area contributed by atoms with Gasteiger partial charge in [-0.15, -0.1) is 0 Å². The molecule has 32 heavy (non-hydrogen) atoms. The number of halogens is 2. The van der Waals surface area contributed by atoms with Crippen molar-refractivity contribution in [1.82, 2.24) is 4.98 Å². The van der Waals surface area contributed by atoms with Gasteiger partial charge in [0.25, 0.3) is 0 Å². The molecule has 3 aromatic carbocycles. The second-order valence-electron chi connectivity index (χ2n) is 6.82. The number of methoxy groups -OCH3 is 1. The molecular formula is C23H17ClFN3O4. The summed E-state index contributed by atoms with van der Waals surface area (Å²) >= 11 is 5.75. The Morgan fingerprint density at radius 3 is 2.59 bits per heavy atom. The Morgan fingerprint density at radius 1 is 1.12 bits per heavy atom. The van der Waals surface area contributed by atoms with Crippen molar-refractivity contribution in [1.29, 1.82) is 0 Å². The lowest BCUT2D eigenvalue weighted by molar-refractivity contribution is -0.384. The van der Waals surface area contributed by atoms with Crippen molar-refractivity contribution in [2.24, 2.45) is 0 Å². The molecule has 0 saturated carbocycles. The summed E-state index contributed by atoms with van der Waals surface area (Å²) in [5.41, 5.74) is 1.56. The normalized spacial score (nSPS) is 10.7. The summed E-state index contributed by atoms with van der Waals surface area (Å²) in [7, 11) is 1.50. The molecule has 0 aliphatic heterocycles. The third kappa shape index (κ3) is 4.40. The van der Waals surface area contributed by atoms with E-state index in [0.29, 0.717) is 28.1 Å². The largest absolute Gasteiger partial charge is 0.493 e. The molecule has 0 saturated heterocycles. The number of pyridine rings is 1. The molecule has 0 aliphatic rings. The van der Waals surface area contributed by atoms with E-state index in [2.05, 4.69) is 10.3 Å². The van der Waals surface area contributed by atoms with Crippen molar-refractivity contribution >= 4 is 39.6 Å². The van der Waals surface area contributed by atoms with Crippen LogP contribution in [-0.4, -0.2) is 17.0 Å². The van der Waals surface area contributed by atoms with Gasteiger partial charge in [-0.2, -0.15) is 0 Å². The molecule has 162 valence electrons. The van der Waals surface area contributed by atoms with E-state index in [1.54, 1.807) is 12.1 Å². The average molecular weight is 454 g/mol. The Labute approximate surface area is 187 Å². The molecule has 1 heterocycles. The van der Waals surface area contributed by atoms with Crippen molar-refractivity contribution in [2.45, 2.75) is 6.61 Å². The first-order valence-electron chi connectivity index (χ1n) is 9.50. The quantitative estimate of drug-likeness (QED) is 0.262. The van der Waals surface area contributed by atoms with Crippen molar-refractivity contribution < 1.29 is 18.8 Å². The molecule has 0 unspecified atom stereocenters. The predicted molar refractivity (Wildman–Crippen MR) is 120 cm³/mol. The fraction of sp³-hybridized carbons (Fsp3) is 0.0870. The summed E-state index contributed by atoms with van der Waals surface area (Å²) < 4.78 is 25.3. The highest BCUT2D eigenvalue weighted by atomic mass is 35.5. The van der Waals surface area contributed by atoms with E-state index in [-0.39, 0.29) is 23.0 Å². The maximum absolute atomic E-state index is 13.9. The molecule has 0 atom stereocenters. The summed E-state index contributed by atoms with van der Waals surface area (Å²) in [5, 5.41) is 15.0. The van der Waals surface area contributed by atoms with E-state index in [4.69, 9.17) is 21.1 Å². The van der Waals surface area contributed by atoms with Gasteiger partial charge in [0.1, 0.15) is 24.3 Å². The molecule has 0 aliphatic carbocycles. The first kappa shape index (κ1) is 21.3. The number of benzene rings is 3. The molecular weight excluding hydrogens is 437 g/mol. The fourth-order valence-electron chi connectivity index (χ4n) is 3.19. The standard InChI is InChI=1S/C23H17ClFN3O4/c1-31-21-11-19-16(10-22(21)32-13-14-5-3-2-4-6-14)23(20(12-26-19)28(29)30)27-15-7-8-17(24)18(25)9-15/h2-12H,13H2,1H3,(H,26,27). The molecule has 4 rings (SSSR count). The van der Waals surface area contributed by atoms with Gasteiger partial charge < -0.3 is 14.8 Å². The topological polar surface area (TPSA) is 86.5 Å². The van der Waals surface area contributed by atoms with E-state index in [1.165, 1.54) is 19.2 Å². The minimum atomic E-state index is -0.647. The van der Waals surface area contributed by atoms with Crippen LogP contribution in [0.4, 0.5) is 21.5 Å². The zero-order valence-electron chi connectivity index (χ0n) is 16.8. The minimum absolute atomic E-state index is 0.0500. The maximum Gasteiger partial charge on any atom is 0.311 e. The Kier molecular flexibility index (Phi) is 6.04. The van der Waals surface area contributed by atoms with Crippen LogP contribution in [0.25, 0.3) is 10.9 Å². The summed E-state index contributed by atoms with van der Waals surface area (Å²) in [5.74, 6) is 0.168. The number of fused-ring (bicyclic) bond motifs is 1. The van der Waals surface area contributed by atoms with Crippen molar-refractivity contribution in [2.75, 3.05) is 12.4 Å². The number of nitrogens with zero attached hydrogens (tertiary/aromatic N) is 2. The number of rotatable bonds is 7. The first-order valence-corrected chi connectivity index (χ1v) is 9.88. The van der Waals surface area contributed by atoms with Gasteiger partial charge in [-0.3, -0.25) is 10.1 Å². The van der Waals surface area contributed by atoms with Crippen LogP contribution in [0.2, 0.25) is 5.02 Å². The van der Waals surface area contributed by atoms with Crippen LogP contribution in [-0.2, 0) is 6.61 Å². The summed E-state index contributed by atoms with van der Waals surface area (Å²) in [6.45, 7) is 0.274. The average Bonchev–Trinajstić information content (AvgIpc) is 2.80. The lowest BCUT2D eigenvalue weighted by atomic mass is 10.1. The Bertz CT molecular complexity index is 1300. The van der Waals surface area contributed by atoms with Gasteiger partial charge in [-0.05, 0) is 29.8 Å². The third-order valence-corrected chi connectivity index (χ3v) is 5.06. The summed E-state index contributed by atoms with van der Waals surface area (Å²) in [6, 6.07) is 16.8. The van der Waals surface area contributed by atoms with E-state index in [9.17, 15) is 14.5 Å². The first-order chi connectivity index (χ1) is 15.5. The van der Waals surface area contributed by atoms with Crippen LogP contribution < -0.4 is 14.8 Å². The van der Waals surface area contributed by atoms with E-state index in [1.807, 2.05) is 30.3 Å². The molecule has 0 bridgehead atoms. The number of nitrogens with one attached hydrogen (secondary N) is 1. The highest BCUT2D eigenvalue weighted by Gasteiger charge is 2.21. The summed E-state index contributed by atoms with van der Waals surface area (Å²) in [4.78, 5) is 15.3. The second-order valence-corrected chi connectivity index (χ2v) is 7.23. The summed E-state index contributed by atoms with van der Waals surface area (Å²) in [6.07, 6.45) is 1.14. The van der Waals surface area contributed by atoms with Gasteiger partial charge in [-0.25, -0.2) is 9.37 Å². The Morgan fingerprint density at radius 2 is 1.91 bits per heavy atom. The van der Waals surface area contributed by atoms with Gasteiger partial charge in [-0.1, -0.05) is 41.9 Å². The molecule has 0 radical (unpaired) electrons. The van der Waals surface area contributed by atoms with Crippen LogP contribution in [0, 0.1) is 15.9 Å². The monoisotopic (exact) mass is 453 g/mol. The third-order valence-electron chi connectivity index (χ3n) is 4.76. The van der Waals surface area contributed by atoms with Crippen LogP contribution in [0.5, 0.6) is 11.5 Å². The number of anilines is 2. The number of nitro groups is 1. The number of aromatic nitrogens is 1. The molecule has 4 aromatic rings. The van der Waals surface area contributed by atoms with Crippen LogP contribution in [0.3, 0.4) is 0 Å². The van der Waals surface area contributed by atoms with Crippen molar-refractivity contribution in [3.8, 4) is 11.5 Å². The van der Waals surface area contributed by atoms with Gasteiger partial charge >= 0.3 is 5.69 Å². The van der Waals surface area contributed by atoms with Crippen molar-refractivity contribution in [3.05, 3.63) is 93.4 Å². The highest BCUT2D eigenvalue weighted by Crippen LogP contribution is 2.40. The van der Waals surface area contributed by atoms with Gasteiger partial charge in [0, 0.05) is 17.1 Å².